The third-order valence-corrected chi connectivity index (χ3v) is 3.30. The van der Waals surface area contributed by atoms with Crippen LogP contribution in [0.4, 0.5) is 0 Å². The Kier molecular flexibility index (Phi) is 3.82. The second kappa shape index (κ2) is 5.92. The van der Waals surface area contributed by atoms with Gasteiger partial charge in [0.25, 0.3) is 5.91 Å². The van der Waals surface area contributed by atoms with Gasteiger partial charge in [-0.3, -0.25) is 4.79 Å². The van der Waals surface area contributed by atoms with Crippen molar-refractivity contribution in [2.45, 2.75) is 31.9 Å². The number of nitrogens with zero attached hydrogens (tertiary/aromatic N) is 4. The first-order valence-electron chi connectivity index (χ1n) is 6.99. The average Bonchev–Trinajstić information content (AvgIpc) is 3.17. The smallest absolute Gasteiger partial charge is 0.341 e. The van der Waals surface area contributed by atoms with Gasteiger partial charge in [-0.1, -0.05) is 12.1 Å². The molecule has 1 atom stereocenters. The van der Waals surface area contributed by atoms with Crippen LogP contribution in [0.3, 0.4) is 0 Å². The molecule has 0 aliphatic heterocycles. The molecule has 0 spiro atoms. The quantitative estimate of drug-likeness (QED) is 0.807. The molecule has 1 N–H and O–H groups in total. The zero-order chi connectivity index (χ0) is 15.5. The van der Waals surface area contributed by atoms with Crippen molar-refractivity contribution in [3.63, 3.8) is 0 Å². The van der Waals surface area contributed by atoms with Crippen molar-refractivity contribution in [3.8, 4) is 5.69 Å². The zero-order valence-corrected chi connectivity index (χ0v) is 12.0. The summed E-state index contributed by atoms with van der Waals surface area (Å²) in [5.74, 6) is -0.875. The van der Waals surface area contributed by atoms with E-state index in [1.54, 1.807) is 31.2 Å². The third-order valence-electron chi connectivity index (χ3n) is 3.30. The highest BCUT2D eigenvalue weighted by atomic mass is 16.5. The van der Waals surface area contributed by atoms with Gasteiger partial charge in [-0.25, -0.2) is 4.79 Å². The summed E-state index contributed by atoms with van der Waals surface area (Å²) in [7, 11) is 0. The van der Waals surface area contributed by atoms with Crippen molar-refractivity contribution in [1.82, 2.24) is 25.5 Å². The van der Waals surface area contributed by atoms with Gasteiger partial charge in [0, 0.05) is 6.04 Å². The number of amides is 1. The van der Waals surface area contributed by atoms with Gasteiger partial charge in [-0.15, -0.1) is 5.10 Å². The van der Waals surface area contributed by atoms with Gasteiger partial charge in [0.15, 0.2) is 6.10 Å². The largest absolute Gasteiger partial charge is 0.449 e. The Morgan fingerprint density at radius 2 is 2.14 bits per heavy atom. The Morgan fingerprint density at radius 3 is 2.82 bits per heavy atom. The van der Waals surface area contributed by atoms with E-state index >= 15 is 0 Å². The van der Waals surface area contributed by atoms with E-state index in [1.165, 1.54) is 11.0 Å². The highest BCUT2D eigenvalue weighted by molar-refractivity contribution is 5.95. The fraction of sp³-hybridized carbons (Fsp3) is 0.357. The van der Waals surface area contributed by atoms with Crippen molar-refractivity contribution in [2.24, 2.45) is 0 Å². The average molecular weight is 301 g/mol. The topological polar surface area (TPSA) is 99.0 Å². The molecular formula is C14H15N5O3. The molecule has 1 heterocycles. The first-order valence-corrected chi connectivity index (χ1v) is 6.99. The van der Waals surface area contributed by atoms with Crippen molar-refractivity contribution in [3.05, 3.63) is 36.2 Å². The molecule has 1 amide bonds. The molecule has 0 bridgehead atoms. The van der Waals surface area contributed by atoms with Crippen LogP contribution >= 0.6 is 0 Å². The summed E-state index contributed by atoms with van der Waals surface area (Å²) in [6, 6.07) is 6.99. The van der Waals surface area contributed by atoms with E-state index in [1.807, 2.05) is 0 Å². The lowest BCUT2D eigenvalue weighted by atomic mass is 10.2. The molecule has 1 aromatic heterocycles. The number of benzene rings is 1. The van der Waals surface area contributed by atoms with Gasteiger partial charge in [-0.2, -0.15) is 4.68 Å². The molecule has 1 aliphatic carbocycles. The zero-order valence-electron chi connectivity index (χ0n) is 12.0. The molecule has 0 radical (unpaired) electrons. The van der Waals surface area contributed by atoms with Crippen molar-refractivity contribution in [1.29, 1.82) is 0 Å². The van der Waals surface area contributed by atoms with Gasteiger partial charge in [-0.05, 0) is 42.3 Å². The molecule has 8 nitrogen and oxygen atoms in total. The predicted octanol–water partition coefficient (Wildman–Crippen LogP) is 0.486. The van der Waals surface area contributed by atoms with Gasteiger partial charge < -0.3 is 10.1 Å². The maximum atomic E-state index is 12.3. The Labute approximate surface area is 126 Å². The number of carbonyl (C=O) groups excluding carboxylic acids is 2. The lowest BCUT2D eigenvalue weighted by Gasteiger charge is -2.14. The summed E-state index contributed by atoms with van der Waals surface area (Å²) in [6.45, 7) is 1.55. The summed E-state index contributed by atoms with van der Waals surface area (Å²) in [6.07, 6.45) is 2.49. The number of aromatic nitrogens is 4. The van der Waals surface area contributed by atoms with Crippen LogP contribution in [0, 0.1) is 0 Å². The van der Waals surface area contributed by atoms with Crippen LogP contribution in [-0.2, 0) is 9.53 Å². The number of ether oxygens (including phenoxy) is 1. The number of nitrogens with one attached hydrogen (secondary N) is 1. The molecule has 1 unspecified atom stereocenters. The lowest BCUT2D eigenvalue weighted by Crippen LogP contribution is -2.37. The molecule has 3 rings (SSSR count). The van der Waals surface area contributed by atoms with E-state index in [9.17, 15) is 9.59 Å². The van der Waals surface area contributed by atoms with Gasteiger partial charge >= 0.3 is 5.97 Å². The SMILES string of the molecule is CC(OC(=O)c1ccccc1-n1cnnn1)C(=O)NC1CC1. The summed E-state index contributed by atoms with van der Waals surface area (Å²) >= 11 is 0. The Bertz CT molecular complexity index is 682. The molecule has 0 saturated heterocycles. The number of rotatable bonds is 5. The molecule has 22 heavy (non-hydrogen) atoms. The van der Waals surface area contributed by atoms with Crippen molar-refractivity contribution < 1.29 is 14.3 Å². The van der Waals surface area contributed by atoms with Crippen molar-refractivity contribution in [2.75, 3.05) is 0 Å². The fourth-order valence-corrected chi connectivity index (χ4v) is 1.94. The standard InChI is InChI=1S/C14H15N5O3/c1-9(13(20)16-10-6-7-10)22-14(21)11-4-2-3-5-12(11)19-8-15-17-18-19/h2-5,8-10H,6-7H2,1H3,(H,16,20). The fourth-order valence-electron chi connectivity index (χ4n) is 1.94. The number of esters is 1. The van der Waals surface area contributed by atoms with E-state index in [4.69, 9.17) is 4.74 Å². The van der Waals surface area contributed by atoms with Crippen LogP contribution in [0.5, 0.6) is 0 Å². The highest BCUT2D eigenvalue weighted by Crippen LogP contribution is 2.19. The number of hydrogen-bond acceptors (Lipinski definition) is 6. The normalized spacial score (nSPS) is 15.1. The van der Waals surface area contributed by atoms with Crippen LogP contribution in [-0.4, -0.2) is 44.2 Å². The molecular weight excluding hydrogens is 286 g/mol. The summed E-state index contributed by atoms with van der Waals surface area (Å²) in [5, 5.41) is 13.6. The second-order valence-corrected chi connectivity index (χ2v) is 5.10. The van der Waals surface area contributed by atoms with Crippen molar-refractivity contribution >= 4 is 11.9 Å². The monoisotopic (exact) mass is 301 g/mol. The van der Waals surface area contributed by atoms with Gasteiger partial charge in [0.1, 0.15) is 6.33 Å². The minimum atomic E-state index is -0.852. The molecule has 2 aromatic rings. The summed E-state index contributed by atoms with van der Waals surface area (Å²) in [5.41, 5.74) is 0.785. The summed E-state index contributed by atoms with van der Waals surface area (Å²) < 4.78 is 6.60. The molecule has 114 valence electrons. The van der Waals surface area contributed by atoms with E-state index < -0.39 is 12.1 Å². The molecule has 8 heteroatoms. The van der Waals surface area contributed by atoms with Gasteiger partial charge in [0.05, 0.1) is 11.3 Å². The number of tetrazole rings is 1. The molecule has 1 aromatic carbocycles. The molecule has 1 fully saturated rings. The van der Waals surface area contributed by atoms with Crippen LogP contribution < -0.4 is 5.32 Å². The minimum absolute atomic E-state index is 0.224. The van der Waals surface area contributed by atoms with Gasteiger partial charge in [0.2, 0.25) is 0 Å². The van der Waals surface area contributed by atoms with E-state index in [-0.39, 0.29) is 11.9 Å². The Morgan fingerprint density at radius 1 is 1.36 bits per heavy atom. The second-order valence-electron chi connectivity index (χ2n) is 5.10. The summed E-state index contributed by atoms with van der Waals surface area (Å²) in [4.78, 5) is 24.1. The van der Waals surface area contributed by atoms with E-state index in [2.05, 4.69) is 20.8 Å². The first-order chi connectivity index (χ1) is 10.6. The van der Waals surface area contributed by atoms with E-state index in [0.29, 0.717) is 11.3 Å². The number of carbonyl (C=O) groups is 2. The maximum Gasteiger partial charge on any atom is 0.341 e. The molecule has 1 aliphatic rings. The Balaban J connectivity index is 1.73. The van der Waals surface area contributed by atoms with Crippen LogP contribution in [0.25, 0.3) is 5.69 Å². The first kappa shape index (κ1) is 14.2. The van der Waals surface area contributed by atoms with E-state index in [0.717, 1.165) is 12.8 Å². The van der Waals surface area contributed by atoms with Crippen LogP contribution in [0.1, 0.15) is 30.1 Å². The highest BCUT2D eigenvalue weighted by Gasteiger charge is 2.28. The third kappa shape index (κ3) is 3.11. The number of para-hydroxylation sites is 1. The number of hydrogen-bond donors (Lipinski definition) is 1. The minimum Gasteiger partial charge on any atom is -0.449 e. The van der Waals surface area contributed by atoms with Crippen LogP contribution in [0.2, 0.25) is 0 Å². The predicted molar refractivity (Wildman–Crippen MR) is 75.2 cm³/mol. The molecule has 1 saturated carbocycles. The van der Waals surface area contributed by atoms with Crippen LogP contribution in [0.15, 0.2) is 30.6 Å². The maximum absolute atomic E-state index is 12.3. The lowest BCUT2D eigenvalue weighted by molar-refractivity contribution is -0.129. The Hall–Kier alpha value is -2.77.